The topological polar surface area (TPSA) is 46.2 Å². The van der Waals surface area contributed by atoms with Gasteiger partial charge in [-0.3, -0.25) is 0 Å². The van der Waals surface area contributed by atoms with Crippen molar-refractivity contribution in [2.75, 3.05) is 48.8 Å². The van der Waals surface area contributed by atoms with Gasteiger partial charge in [-0.1, -0.05) is 0 Å². The number of rotatable bonds is 4. The predicted octanol–water partition coefficient (Wildman–Crippen LogP) is 3.16. The van der Waals surface area contributed by atoms with Crippen molar-refractivity contribution in [2.24, 2.45) is 0 Å². The van der Waals surface area contributed by atoms with Crippen LogP contribution in [0.15, 0.2) is 24.3 Å². The second kappa shape index (κ2) is 6.53. The van der Waals surface area contributed by atoms with Gasteiger partial charge in [0.1, 0.15) is 6.04 Å². The van der Waals surface area contributed by atoms with Crippen molar-refractivity contribution in [3.63, 3.8) is 0 Å². The van der Waals surface area contributed by atoms with E-state index in [1.807, 2.05) is 12.1 Å². The zero-order valence-corrected chi connectivity index (χ0v) is 16.5. The van der Waals surface area contributed by atoms with Gasteiger partial charge in [-0.05, 0) is 29.8 Å². The Morgan fingerprint density at radius 2 is 1.52 bits per heavy atom. The lowest BCUT2D eigenvalue weighted by molar-refractivity contribution is -0.917. The Labute approximate surface area is 159 Å². The summed E-state index contributed by atoms with van der Waals surface area (Å²) < 4.78 is 28.7. The molecule has 1 atom stereocenters. The Morgan fingerprint density at radius 3 is 2.11 bits per heavy atom. The highest BCUT2D eigenvalue weighted by Crippen LogP contribution is 2.47. The summed E-state index contributed by atoms with van der Waals surface area (Å²) >= 11 is 0. The molecule has 0 aromatic heterocycles. The normalized spacial score (nSPS) is 19.4. The maximum atomic E-state index is 5.64. The molecule has 2 aliphatic heterocycles. The van der Waals surface area contributed by atoms with E-state index >= 15 is 0 Å². The highest BCUT2D eigenvalue weighted by Gasteiger charge is 2.39. The van der Waals surface area contributed by atoms with Crippen LogP contribution >= 0.6 is 0 Å². The second-order valence-corrected chi connectivity index (χ2v) is 7.52. The molecular formula is C21H26NO5+. The minimum atomic E-state index is 0.122. The van der Waals surface area contributed by atoms with Gasteiger partial charge in [-0.2, -0.15) is 0 Å². The highest BCUT2D eigenvalue weighted by atomic mass is 16.7. The third-order valence-electron chi connectivity index (χ3n) is 5.59. The lowest BCUT2D eigenvalue weighted by Gasteiger charge is -2.43. The number of quaternary nitrogens is 1. The standard InChI is InChI=1S/C21H26NO5/c1-22(2)7-6-13-8-16-17(27-12-26-16)11-15(13)20(22)14-9-18(23-3)21(25-5)19(10-14)24-4/h8-11,20H,6-7,12H2,1-5H3/q+1/t20-/m0/s1. The molecule has 2 heterocycles. The van der Waals surface area contributed by atoms with Gasteiger partial charge < -0.3 is 28.2 Å². The molecule has 4 rings (SSSR count). The van der Waals surface area contributed by atoms with Gasteiger partial charge in [0.2, 0.25) is 12.5 Å². The van der Waals surface area contributed by atoms with Crippen LogP contribution in [0.1, 0.15) is 22.7 Å². The molecule has 2 aliphatic rings. The van der Waals surface area contributed by atoms with Crippen LogP contribution in [0.2, 0.25) is 0 Å². The molecule has 0 aliphatic carbocycles. The molecule has 0 saturated carbocycles. The smallest absolute Gasteiger partial charge is 0.231 e. The molecule has 2 aromatic rings. The lowest BCUT2D eigenvalue weighted by Crippen LogP contribution is -2.48. The average Bonchev–Trinajstić information content (AvgIpc) is 3.12. The molecule has 0 N–H and O–H groups in total. The van der Waals surface area contributed by atoms with E-state index in [0.29, 0.717) is 17.2 Å². The number of hydrogen-bond donors (Lipinski definition) is 0. The summed E-state index contributed by atoms with van der Waals surface area (Å²) in [7, 11) is 9.42. The SMILES string of the molecule is COc1cc([C@H]2c3cc4c(cc3CC[N+]2(C)C)OCO4)cc(OC)c1OC. The summed E-state index contributed by atoms with van der Waals surface area (Å²) in [6.07, 6.45) is 1.000. The van der Waals surface area contributed by atoms with Crippen molar-refractivity contribution in [3.8, 4) is 28.7 Å². The van der Waals surface area contributed by atoms with Crippen LogP contribution in [0.3, 0.4) is 0 Å². The van der Waals surface area contributed by atoms with Crippen molar-refractivity contribution in [1.29, 1.82) is 0 Å². The van der Waals surface area contributed by atoms with E-state index in [1.165, 1.54) is 11.1 Å². The van der Waals surface area contributed by atoms with E-state index in [4.69, 9.17) is 23.7 Å². The molecule has 0 bridgehead atoms. The van der Waals surface area contributed by atoms with Gasteiger partial charge in [0.05, 0.1) is 42.0 Å². The maximum absolute atomic E-state index is 5.64. The molecule has 0 unspecified atom stereocenters. The number of benzene rings is 2. The first-order chi connectivity index (χ1) is 13.0. The fraction of sp³-hybridized carbons (Fsp3) is 0.429. The first kappa shape index (κ1) is 17.8. The van der Waals surface area contributed by atoms with Crippen LogP contribution in [0.25, 0.3) is 0 Å². The van der Waals surface area contributed by atoms with E-state index in [9.17, 15) is 0 Å². The summed E-state index contributed by atoms with van der Waals surface area (Å²) in [4.78, 5) is 0. The summed E-state index contributed by atoms with van der Waals surface area (Å²) in [6, 6.07) is 8.47. The van der Waals surface area contributed by atoms with Gasteiger partial charge in [0.25, 0.3) is 0 Å². The van der Waals surface area contributed by atoms with Crippen molar-refractivity contribution < 1.29 is 28.2 Å². The summed E-state index contributed by atoms with van der Waals surface area (Å²) in [5.41, 5.74) is 3.68. The Kier molecular flexibility index (Phi) is 4.30. The van der Waals surface area contributed by atoms with Gasteiger partial charge in [0.15, 0.2) is 23.0 Å². The van der Waals surface area contributed by atoms with E-state index in [2.05, 4.69) is 26.2 Å². The third kappa shape index (κ3) is 2.84. The van der Waals surface area contributed by atoms with Crippen LogP contribution in [0, 0.1) is 0 Å². The molecule has 0 fully saturated rings. The van der Waals surface area contributed by atoms with Crippen LogP contribution in [0.5, 0.6) is 28.7 Å². The van der Waals surface area contributed by atoms with E-state index < -0.39 is 0 Å². The summed E-state index contributed by atoms with van der Waals surface area (Å²) in [5.74, 6) is 3.59. The van der Waals surface area contributed by atoms with Crippen LogP contribution in [-0.4, -0.2) is 53.2 Å². The predicted molar refractivity (Wildman–Crippen MR) is 101 cm³/mol. The zero-order chi connectivity index (χ0) is 19.2. The molecule has 2 aromatic carbocycles. The second-order valence-electron chi connectivity index (χ2n) is 7.52. The number of hydrogen-bond acceptors (Lipinski definition) is 5. The zero-order valence-electron chi connectivity index (χ0n) is 16.5. The van der Waals surface area contributed by atoms with Crippen molar-refractivity contribution >= 4 is 0 Å². The Hall–Kier alpha value is -2.60. The fourth-order valence-electron chi connectivity index (χ4n) is 4.23. The van der Waals surface area contributed by atoms with E-state index in [1.54, 1.807) is 21.3 Å². The lowest BCUT2D eigenvalue weighted by atomic mass is 9.86. The number of likely N-dealkylation sites (N-methyl/N-ethyl adjacent to an activating group) is 1. The minimum Gasteiger partial charge on any atom is -0.493 e. The third-order valence-corrected chi connectivity index (χ3v) is 5.59. The van der Waals surface area contributed by atoms with Gasteiger partial charge in [-0.25, -0.2) is 0 Å². The molecule has 6 heteroatoms. The fourth-order valence-corrected chi connectivity index (χ4v) is 4.23. The molecule has 0 spiro atoms. The molecule has 27 heavy (non-hydrogen) atoms. The number of ether oxygens (including phenoxy) is 5. The number of nitrogens with zero attached hydrogens (tertiary/aromatic N) is 1. The monoisotopic (exact) mass is 372 g/mol. The summed E-state index contributed by atoms with van der Waals surface area (Å²) in [6.45, 7) is 1.30. The molecule has 0 amide bonds. The van der Waals surface area contributed by atoms with Gasteiger partial charge in [-0.15, -0.1) is 0 Å². The molecular weight excluding hydrogens is 346 g/mol. The highest BCUT2D eigenvalue weighted by molar-refractivity contribution is 5.57. The van der Waals surface area contributed by atoms with Crippen molar-refractivity contribution in [2.45, 2.75) is 12.5 Å². The molecule has 0 radical (unpaired) electrons. The Bertz CT molecular complexity index is 852. The molecule has 6 nitrogen and oxygen atoms in total. The molecule has 0 saturated heterocycles. The number of methoxy groups -OCH3 is 3. The number of fused-ring (bicyclic) bond motifs is 2. The van der Waals surface area contributed by atoms with E-state index in [0.717, 1.165) is 34.5 Å². The minimum absolute atomic E-state index is 0.122. The van der Waals surface area contributed by atoms with Crippen LogP contribution < -0.4 is 23.7 Å². The average molecular weight is 372 g/mol. The first-order valence-corrected chi connectivity index (χ1v) is 9.03. The Balaban J connectivity index is 1.90. The van der Waals surface area contributed by atoms with Crippen molar-refractivity contribution in [3.05, 3.63) is 41.0 Å². The van der Waals surface area contributed by atoms with Gasteiger partial charge in [0, 0.05) is 17.5 Å². The van der Waals surface area contributed by atoms with Crippen LogP contribution in [0.4, 0.5) is 0 Å². The first-order valence-electron chi connectivity index (χ1n) is 9.03. The largest absolute Gasteiger partial charge is 0.493 e. The van der Waals surface area contributed by atoms with E-state index in [-0.39, 0.29) is 12.8 Å². The molecule has 144 valence electrons. The quantitative estimate of drug-likeness (QED) is 0.772. The Morgan fingerprint density at radius 1 is 0.889 bits per heavy atom. The van der Waals surface area contributed by atoms with Gasteiger partial charge >= 0.3 is 0 Å². The van der Waals surface area contributed by atoms with Crippen LogP contribution in [-0.2, 0) is 6.42 Å². The maximum Gasteiger partial charge on any atom is 0.231 e. The van der Waals surface area contributed by atoms with Crippen molar-refractivity contribution in [1.82, 2.24) is 0 Å². The summed E-state index contributed by atoms with van der Waals surface area (Å²) in [5, 5.41) is 0.